The molecule has 0 bridgehead atoms. The van der Waals surface area contributed by atoms with Gasteiger partial charge < -0.3 is 10.1 Å². The third-order valence-corrected chi connectivity index (χ3v) is 5.40. The van der Waals surface area contributed by atoms with Crippen molar-refractivity contribution in [1.29, 1.82) is 0 Å². The minimum Gasteiger partial charge on any atom is -0.497 e. The van der Waals surface area contributed by atoms with Gasteiger partial charge in [-0.1, -0.05) is 26.8 Å². The highest BCUT2D eigenvalue weighted by Gasteiger charge is 2.31. The van der Waals surface area contributed by atoms with E-state index in [0.717, 1.165) is 18.0 Å². The molecule has 1 aliphatic heterocycles. The Labute approximate surface area is 121 Å². The Balaban J connectivity index is 2.32. The van der Waals surface area contributed by atoms with E-state index < -0.39 is 0 Å². The second kappa shape index (κ2) is 6.67. The van der Waals surface area contributed by atoms with Crippen LogP contribution >= 0.6 is 11.8 Å². The molecule has 2 nitrogen and oxygen atoms in total. The molecule has 0 fully saturated rings. The van der Waals surface area contributed by atoms with Gasteiger partial charge in [-0.25, -0.2) is 0 Å². The zero-order chi connectivity index (χ0) is 13.8. The normalized spacial score (nSPS) is 22.4. The average molecular weight is 279 g/mol. The van der Waals surface area contributed by atoms with Crippen molar-refractivity contribution in [3.63, 3.8) is 0 Å². The summed E-state index contributed by atoms with van der Waals surface area (Å²) < 4.78 is 5.39. The Kier molecular flexibility index (Phi) is 5.17. The molecule has 1 N–H and O–H groups in total. The summed E-state index contributed by atoms with van der Waals surface area (Å²) in [6.45, 7) is 7.94. The van der Waals surface area contributed by atoms with Crippen LogP contribution in [-0.2, 0) is 5.75 Å². The van der Waals surface area contributed by atoms with Crippen LogP contribution in [0.2, 0.25) is 0 Å². The fourth-order valence-electron chi connectivity index (χ4n) is 2.68. The molecule has 1 aromatic carbocycles. The van der Waals surface area contributed by atoms with Crippen LogP contribution in [0.15, 0.2) is 18.2 Å². The largest absolute Gasteiger partial charge is 0.497 e. The molecule has 3 heteroatoms. The summed E-state index contributed by atoms with van der Waals surface area (Å²) in [7, 11) is 1.74. The van der Waals surface area contributed by atoms with Crippen LogP contribution in [0.4, 0.5) is 0 Å². The first-order chi connectivity index (χ1) is 9.17. The number of nitrogens with one attached hydrogen (secondary N) is 1. The SMILES string of the molecule is CCCNC1c2cc(OC)ccc2CSC1C(C)C. The number of benzene rings is 1. The van der Waals surface area contributed by atoms with Crippen LogP contribution < -0.4 is 10.1 Å². The van der Waals surface area contributed by atoms with Crippen molar-refractivity contribution in [3.8, 4) is 5.75 Å². The number of ether oxygens (including phenoxy) is 1. The number of hydrogen-bond donors (Lipinski definition) is 1. The van der Waals surface area contributed by atoms with Gasteiger partial charge in [0.05, 0.1) is 7.11 Å². The molecule has 0 saturated carbocycles. The molecule has 1 heterocycles. The molecule has 0 spiro atoms. The topological polar surface area (TPSA) is 21.3 Å². The smallest absolute Gasteiger partial charge is 0.119 e. The minimum atomic E-state index is 0.448. The van der Waals surface area contributed by atoms with Gasteiger partial charge in [-0.15, -0.1) is 0 Å². The Bertz CT molecular complexity index is 419. The van der Waals surface area contributed by atoms with E-state index >= 15 is 0 Å². The molecular formula is C16H25NOS. The van der Waals surface area contributed by atoms with Crippen molar-refractivity contribution >= 4 is 11.8 Å². The summed E-state index contributed by atoms with van der Waals surface area (Å²) in [4.78, 5) is 0. The second-order valence-corrected chi connectivity index (χ2v) is 6.68. The molecule has 2 unspecified atom stereocenters. The molecule has 2 atom stereocenters. The summed E-state index contributed by atoms with van der Waals surface area (Å²) in [5, 5.41) is 4.38. The number of methoxy groups -OCH3 is 1. The lowest BCUT2D eigenvalue weighted by Gasteiger charge is -2.36. The maximum absolute atomic E-state index is 5.39. The van der Waals surface area contributed by atoms with E-state index in [2.05, 4.69) is 56.0 Å². The third kappa shape index (κ3) is 3.26. The molecule has 1 aromatic rings. The molecule has 0 aliphatic carbocycles. The predicted octanol–water partition coefficient (Wildman–Crippen LogP) is 4.01. The van der Waals surface area contributed by atoms with E-state index in [1.807, 2.05) is 0 Å². The molecule has 0 radical (unpaired) electrons. The van der Waals surface area contributed by atoms with E-state index in [4.69, 9.17) is 4.74 Å². The van der Waals surface area contributed by atoms with Gasteiger partial charge >= 0.3 is 0 Å². The average Bonchev–Trinajstić information content (AvgIpc) is 2.43. The van der Waals surface area contributed by atoms with Crippen LogP contribution in [0, 0.1) is 5.92 Å². The zero-order valence-electron chi connectivity index (χ0n) is 12.4. The predicted molar refractivity (Wildman–Crippen MR) is 83.9 cm³/mol. The standard InChI is InChI=1S/C16H25NOS/c1-5-8-17-15-14-9-13(18-4)7-6-12(14)10-19-16(15)11(2)3/h6-7,9,11,15-17H,5,8,10H2,1-4H3. The zero-order valence-corrected chi connectivity index (χ0v) is 13.2. The first-order valence-corrected chi connectivity index (χ1v) is 8.24. The highest BCUT2D eigenvalue weighted by molar-refractivity contribution is 7.99. The van der Waals surface area contributed by atoms with Crippen LogP contribution in [0.25, 0.3) is 0 Å². The monoisotopic (exact) mass is 279 g/mol. The van der Waals surface area contributed by atoms with Crippen molar-refractivity contribution in [1.82, 2.24) is 5.32 Å². The number of thioether (sulfide) groups is 1. The molecular weight excluding hydrogens is 254 g/mol. The van der Waals surface area contributed by atoms with Gasteiger partial charge in [0.15, 0.2) is 0 Å². The highest BCUT2D eigenvalue weighted by atomic mass is 32.2. The fraction of sp³-hybridized carbons (Fsp3) is 0.625. The lowest BCUT2D eigenvalue weighted by atomic mass is 9.92. The summed E-state index contributed by atoms with van der Waals surface area (Å²) in [6.07, 6.45) is 1.17. The first-order valence-electron chi connectivity index (χ1n) is 7.19. The number of rotatable bonds is 5. The van der Waals surface area contributed by atoms with E-state index in [1.165, 1.54) is 17.5 Å². The lowest BCUT2D eigenvalue weighted by molar-refractivity contribution is 0.407. The second-order valence-electron chi connectivity index (χ2n) is 5.52. The van der Waals surface area contributed by atoms with Crippen LogP contribution in [0.5, 0.6) is 5.75 Å². The van der Waals surface area contributed by atoms with E-state index in [9.17, 15) is 0 Å². The van der Waals surface area contributed by atoms with E-state index in [-0.39, 0.29) is 0 Å². The van der Waals surface area contributed by atoms with Gasteiger partial charge in [-0.3, -0.25) is 0 Å². The van der Waals surface area contributed by atoms with Gasteiger partial charge in [0.1, 0.15) is 5.75 Å². The number of hydrogen-bond acceptors (Lipinski definition) is 3. The van der Waals surface area contributed by atoms with Gasteiger partial charge in [-0.05, 0) is 42.1 Å². The van der Waals surface area contributed by atoms with Crippen molar-refractivity contribution in [2.75, 3.05) is 13.7 Å². The van der Waals surface area contributed by atoms with Crippen LogP contribution in [0.1, 0.15) is 44.4 Å². The Morgan fingerprint density at radius 1 is 1.42 bits per heavy atom. The first kappa shape index (κ1) is 14.7. The Morgan fingerprint density at radius 2 is 2.21 bits per heavy atom. The van der Waals surface area contributed by atoms with Gasteiger partial charge in [0.2, 0.25) is 0 Å². The summed E-state index contributed by atoms with van der Waals surface area (Å²) >= 11 is 2.08. The van der Waals surface area contributed by atoms with Crippen LogP contribution in [0.3, 0.4) is 0 Å². The molecule has 0 saturated heterocycles. The molecule has 0 aromatic heterocycles. The fourth-order valence-corrected chi connectivity index (χ4v) is 4.14. The van der Waals surface area contributed by atoms with E-state index in [1.54, 1.807) is 7.11 Å². The molecule has 106 valence electrons. The third-order valence-electron chi connectivity index (χ3n) is 3.72. The maximum Gasteiger partial charge on any atom is 0.119 e. The van der Waals surface area contributed by atoms with Crippen molar-refractivity contribution < 1.29 is 4.74 Å². The lowest BCUT2D eigenvalue weighted by Crippen LogP contribution is -2.36. The van der Waals surface area contributed by atoms with Gasteiger partial charge in [0, 0.05) is 17.0 Å². The Hall–Kier alpha value is -0.670. The molecule has 0 amide bonds. The molecule has 2 rings (SSSR count). The van der Waals surface area contributed by atoms with Crippen LogP contribution in [-0.4, -0.2) is 18.9 Å². The summed E-state index contributed by atoms with van der Waals surface area (Å²) in [6, 6.07) is 6.96. The summed E-state index contributed by atoms with van der Waals surface area (Å²) in [5.41, 5.74) is 2.89. The maximum atomic E-state index is 5.39. The van der Waals surface area contributed by atoms with Gasteiger partial charge in [-0.2, -0.15) is 11.8 Å². The van der Waals surface area contributed by atoms with Crippen molar-refractivity contribution in [2.45, 2.75) is 44.2 Å². The quantitative estimate of drug-likeness (QED) is 0.880. The Morgan fingerprint density at radius 3 is 2.84 bits per heavy atom. The molecule has 1 aliphatic rings. The van der Waals surface area contributed by atoms with E-state index in [0.29, 0.717) is 17.2 Å². The van der Waals surface area contributed by atoms with Crippen molar-refractivity contribution in [3.05, 3.63) is 29.3 Å². The highest BCUT2D eigenvalue weighted by Crippen LogP contribution is 2.42. The molecule has 19 heavy (non-hydrogen) atoms. The minimum absolute atomic E-state index is 0.448. The summed E-state index contributed by atoms with van der Waals surface area (Å²) in [5.74, 6) is 2.77. The van der Waals surface area contributed by atoms with Crippen molar-refractivity contribution in [2.24, 2.45) is 5.92 Å². The number of fused-ring (bicyclic) bond motifs is 1. The van der Waals surface area contributed by atoms with Gasteiger partial charge in [0.25, 0.3) is 0 Å².